The SMILES string of the molecule is CCOC(=O)CSc1nnc(NC2CCCCC2)s1. The Balaban J connectivity index is 1.76. The van der Waals surface area contributed by atoms with Gasteiger partial charge in [0.1, 0.15) is 0 Å². The molecule has 1 fully saturated rings. The molecule has 106 valence electrons. The molecule has 0 amide bonds. The largest absolute Gasteiger partial charge is 0.465 e. The predicted octanol–water partition coefficient (Wildman–Crippen LogP) is 2.94. The Kier molecular flexibility index (Phi) is 5.91. The molecular formula is C12H19N3O2S2. The fourth-order valence-electron chi connectivity index (χ4n) is 2.07. The molecule has 1 saturated carbocycles. The van der Waals surface area contributed by atoms with Crippen LogP contribution in [0.2, 0.25) is 0 Å². The van der Waals surface area contributed by atoms with Crippen molar-refractivity contribution in [2.24, 2.45) is 0 Å². The third-order valence-electron chi connectivity index (χ3n) is 2.96. The maximum absolute atomic E-state index is 11.2. The Morgan fingerprint density at radius 3 is 2.95 bits per heavy atom. The van der Waals surface area contributed by atoms with Gasteiger partial charge in [-0.25, -0.2) is 0 Å². The molecule has 1 heterocycles. The van der Waals surface area contributed by atoms with E-state index in [4.69, 9.17) is 4.74 Å². The zero-order chi connectivity index (χ0) is 13.5. The lowest BCUT2D eigenvalue weighted by atomic mass is 9.96. The summed E-state index contributed by atoms with van der Waals surface area (Å²) in [5.74, 6) is 0.0933. The highest BCUT2D eigenvalue weighted by Crippen LogP contribution is 2.28. The van der Waals surface area contributed by atoms with Gasteiger partial charge in [-0.15, -0.1) is 10.2 Å². The van der Waals surface area contributed by atoms with Crippen molar-refractivity contribution in [3.8, 4) is 0 Å². The van der Waals surface area contributed by atoms with Crippen LogP contribution in [0.25, 0.3) is 0 Å². The lowest BCUT2D eigenvalue weighted by Gasteiger charge is -2.21. The second-order valence-corrected chi connectivity index (χ2v) is 6.65. The first kappa shape index (κ1) is 14.6. The summed E-state index contributed by atoms with van der Waals surface area (Å²) in [4.78, 5) is 11.2. The molecule has 19 heavy (non-hydrogen) atoms. The summed E-state index contributed by atoms with van der Waals surface area (Å²) < 4.78 is 5.68. The number of thioether (sulfide) groups is 1. The van der Waals surface area contributed by atoms with Gasteiger partial charge in [-0.05, 0) is 19.8 Å². The quantitative estimate of drug-likeness (QED) is 0.644. The van der Waals surface area contributed by atoms with E-state index in [-0.39, 0.29) is 5.97 Å². The van der Waals surface area contributed by atoms with Gasteiger partial charge < -0.3 is 10.1 Å². The summed E-state index contributed by atoms with van der Waals surface area (Å²) in [5, 5.41) is 12.5. The van der Waals surface area contributed by atoms with Gasteiger partial charge >= 0.3 is 5.97 Å². The highest BCUT2D eigenvalue weighted by Gasteiger charge is 2.15. The summed E-state index contributed by atoms with van der Waals surface area (Å²) in [6.07, 6.45) is 6.35. The molecule has 0 aromatic carbocycles. The molecule has 0 aliphatic heterocycles. The molecule has 0 unspecified atom stereocenters. The Morgan fingerprint density at radius 2 is 2.21 bits per heavy atom. The number of nitrogens with one attached hydrogen (secondary N) is 1. The summed E-state index contributed by atoms with van der Waals surface area (Å²) >= 11 is 2.89. The highest BCUT2D eigenvalue weighted by molar-refractivity contribution is 8.01. The number of nitrogens with zero attached hydrogens (tertiary/aromatic N) is 2. The van der Waals surface area contributed by atoms with E-state index in [9.17, 15) is 4.79 Å². The van der Waals surface area contributed by atoms with Crippen molar-refractivity contribution < 1.29 is 9.53 Å². The first-order valence-corrected chi connectivity index (χ1v) is 8.46. The standard InChI is InChI=1S/C12H19N3O2S2/c1-2-17-10(16)8-18-12-15-14-11(19-12)13-9-6-4-3-5-7-9/h9H,2-8H2,1H3,(H,13,14). The Morgan fingerprint density at radius 1 is 1.42 bits per heavy atom. The van der Waals surface area contributed by atoms with Crippen molar-refractivity contribution in [3.63, 3.8) is 0 Å². The van der Waals surface area contributed by atoms with Crippen molar-refractivity contribution in [1.82, 2.24) is 10.2 Å². The molecule has 1 aliphatic carbocycles. The summed E-state index contributed by atoms with van der Waals surface area (Å²) in [6.45, 7) is 2.23. The van der Waals surface area contributed by atoms with Crippen LogP contribution in [0.1, 0.15) is 39.0 Å². The zero-order valence-electron chi connectivity index (χ0n) is 11.1. The number of hydrogen-bond acceptors (Lipinski definition) is 7. The van der Waals surface area contributed by atoms with E-state index >= 15 is 0 Å². The van der Waals surface area contributed by atoms with Crippen LogP contribution in [0, 0.1) is 0 Å². The zero-order valence-corrected chi connectivity index (χ0v) is 12.7. The fourth-order valence-corrected chi connectivity index (χ4v) is 3.70. The third-order valence-corrected chi connectivity index (χ3v) is 4.92. The van der Waals surface area contributed by atoms with Gasteiger partial charge in [0.15, 0.2) is 4.34 Å². The van der Waals surface area contributed by atoms with Crippen LogP contribution in [-0.4, -0.2) is 34.6 Å². The molecule has 0 bridgehead atoms. The number of carbonyl (C=O) groups excluding carboxylic acids is 1. The van der Waals surface area contributed by atoms with Crippen LogP contribution in [0.15, 0.2) is 4.34 Å². The molecule has 1 aromatic rings. The predicted molar refractivity (Wildman–Crippen MR) is 77.8 cm³/mol. The van der Waals surface area contributed by atoms with Crippen molar-refractivity contribution in [1.29, 1.82) is 0 Å². The third kappa shape index (κ3) is 4.99. The summed E-state index contributed by atoms with van der Waals surface area (Å²) in [6, 6.07) is 0.532. The van der Waals surface area contributed by atoms with Gasteiger partial charge in [0.25, 0.3) is 0 Å². The topological polar surface area (TPSA) is 64.1 Å². The molecule has 0 atom stereocenters. The van der Waals surface area contributed by atoms with E-state index in [2.05, 4.69) is 15.5 Å². The molecule has 2 rings (SSSR count). The van der Waals surface area contributed by atoms with Crippen molar-refractivity contribution in [3.05, 3.63) is 0 Å². The average molecular weight is 301 g/mol. The smallest absolute Gasteiger partial charge is 0.316 e. The first-order chi connectivity index (χ1) is 9.28. The Bertz CT molecular complexity index is 405. The van der Waals surface area contributed by atoms with Gasteiger partial charge in [-0.1, -0.05) is 42.4 Å². The number of rotatable bonds is 6. The van der Waals surface area contributed by atoms with E-state index in [1.165, 1.54) is 55.2 Å². The van der Waals surface area contributed by atoms with Crippen LogP contribution in [0.3, 0.4) is 0 Å². The lowest BCUT2D eigenvalue weighted by molar-refractivity contribution is -0.139. The Labute approximate surface area is 121 Å². The van der Waals surface area contributed by atoms with Crippen molar-refractivity contribution >= 4 is 34.2 Å². The maximum Gasteiger partial charge on any atom is 0.316 e. The molecule has 0 spiro atoms. The van der Waals surface area contributed by atoms with E-state index in [0.717, 1.165) is 9.47 Å². The van der Waals surface area contributed by atoms with E-state index < -0.39 is 0 Å². The summed E-state index contributed by atoms with van der Waals surface area (Å²) in [7, 11) is 0. The maximum atomic E-state index is 11.2. The van der Waals surface area contributed by atoms with Crippen LogP contribution in [0.5, 0.6) is 0 Å². The number of hydrogen-bond donors (Lipinski definition) is 1. The lowest BCUT2D eigenvalue weighted by Crippen LogP contribution is -2.21. The van der Waals surface area contributed by atoms with Gasteiger partial charge in [-0.3, -0.25) is 4.79 Å². The van der Waals surface area contributed by atoms with Gasteiger partial charge in [-0.2, -0.15) is 0 Å². The van der Waals surface area contributed by atoms with Crippen LogP contribution in [0.4, 0.5) is 5.13 Å². The summed E-state index contributed by atoms with van der Waals surface area (Å²) in [5.41, 5.74) is 0. The molecule has 0 radical (unpaired) electrons. The monoisotopic (exact) mass is 301 g/mol. The number of carbonyl (C=O) groups is 1. The molecule has 0 saturated heterocycles. The minimum atomic E-state index is -0.204. The van der Waals surface area contributed by atoms with Gasteiger partial charge in [0, 0.05) is 6.04 Å². The van der Waals surface area contributed by atoms with E-state index in [0.29, 0.717) is 18.4 Å². The second kappa shape index (κ2) is 7.69. The normalized spacial score (nSPS) is 16.3. The van der Waals surface area contributed by atoms with E-state index in [1.807, 2.05) is 0 Å². The van der Waals surface area contributed by atoms with Crippen molar-refractivity contribution in [2.75, 3.05) is 17.7 Å². The molecule has 1 aromatic heterocycles. The van der Waals surface area contributed by atoms with Gasteiger partial charge in [0.05, 0.1) is 12.4 Å². The number of aromatic nitrogens is 2. The fraction of sp³-hybridized carbons (Fsp3) is 0.750. The van der Waals surface area contributed by atoms with E-state index in [1.54, 1.807) is 6.92 Å². The van der Waals surface area contributed by atoms with Crippen LogP contribution in [-0.2, 0) is 9.53 Å². The molecular weight excluding hydrogens is 282 g/mol. The highest BCUT2D eigenvalue weighted by atomic mass is 32.2. The number of ether oxygens (including phenoxy) is 1. The van der Waals surface area contributed by atoms with Crippen molar-refractivity contribution in [2.45, 2.75) is 49.4 Å². The Hall–Kier alpha value is -0.820. The minimum Gasteiger partial charge on any atom is -0.465 e. The second-order valence-electron chi connectivity index (χ2n) is 4.45. The molecule has 7 heteroatoms. The first-order valence-electron chi connectivity index (χ1n) is 6.66. The minimum absolute atomic E-state index is 0.204. The number of anilines is 1. The van der Waals surface area contributed by atoms with Gasteiger partial charge in [0.2, 0.25) is 5.13 Å². The number of esters is 1. The van der Waals surface area contributed by atoms with Crippen LogP contribution < -0.4 is 5.32 Å². The van der Waals surface area contributed by atoms with Crippen LogP contribution >= 0.6 is 23.1 Å². The molecule has 1 N–H and O–H groups in total. The average Bonchev–Trinajstić information content (AvgIpc) is 2.86. The molecule has 1 aliphatic rings. The molecule has 5 nitrogen and oxygen atoms in total.